The van der Waals surface area contributed by atoms with Gasteiger partial charge in [0.2, 0.25) is 0 Å². The van der Waals surface area contributed by atoms with Crippen molar-refractivity contribution in [2.45, 2.75) is 58.7 Å². The zero-order valence-corrected chi connectivity index (χ0v) is 13.5. The Bertz CT molecular complexity index is 401. The minimum absolute atomic E-state index is 0.0673. The van der Waals surface area contributed by atoms with Gasteiger partial charge in [-0.25, -0.2) is 0 Å². The van der Waals surface area contributed by atoms with E-state index in [4.69, 9.17) is 10.5 Å². The fourth-order valence-electron chi connectivity index (χ4n) is 2.10. The quantitative estimate of drug-likeness (QED) is 0.877. The van der Waals surface area contributed by atoms with Gasteiger partial charge in [-0.15, -0.1) is 0 Å². The second-order valence-corrected chi connectivity index (χ2v) is 6.09. The van der Waals surface area contributed by atoms with Crippen LogP contribution in [0.1, 0.15) is 38.6 Å². The molecule has 1 unspecified atom stereocenters. The fraction of sp³-hybridized carbons (Fsp3) is 0.769. The van der Waals surface area contributed by atoms with Gasteiger partial charge in [0.05, 0.1) is 21.5 Å². The molecule has 0 aromatic carbocycles. The largest absolute Gasteiger partial charge is 0.379 e. The Morgan fingerprint density at radius 3 is 2.61 bits per heavy atom. The SMILES string of the molecule is CCn1nc(C)c(Br)c1CC(N)CC(C)(C)OC. The normalized spacial score (nSPS) is 13.9. The highest BCUT2D eigenvalue weighted by atomic mass is 79.9. The highest BCUT2D eigenvalue weighted by Crippen LogP contribution is 2.24. The van der Waals surface area contributed by atoms with E-state index < -0.39 is 0 Å². The Kier molecular flexibility index (Phi) is 5.37. The monoisotopic (exact) mass is 317 g/mol. The number of hydrogen-bond donors (Lipinski definition) is 1. The van der Waals surface area contributed by atoms with Crippen molar-refractivity contribution in [3.05, 3.63) is 15.9 Å². The molecule has 5 heteroatoms. The number of nitrogens with zero attached hydrogens (tertiary/aromatic N) is 2. The van der Waals surface area contributed by atoms with Crippen molar-refractivity contribution in [2.24, 2.45) is 5.73 Å². The summed E-state index contributed by atoms with van der Waals surface area (Å²) in [6.07, 6.45) is 1.63. The molecule has 1 heterocycles. The molecule has 1 aromatic heterocycles. The van der Waals surface area contributed by atoms with E-state index in [0.717, 1.165) is 29.6 Å². The van der Waals surface area contributed by atoms with Gasteiger partial charge in [-0.3, -0.25) is 4.68 Å². The van der Waals surface area contributed by atoms with Crippen LogP contribution in [0.4, 0.5) is 0 Å². The molecule has 1 aromatic rings. The van der Waals surface area contributed by atoms with E-state index in [-0.39, 0.29) is 11.6 Å². The topological polar surface area (TPSA) is 53.1 Å². The van der Waals surface area contributed by atoms with Crippen molar-refractivity contribution in [1.82, 2.24) is 9.78 Å². The van der Waals surface area contributed by atoms with Crippen LogP contribution >= 0.6 is 15.9 Å². The molecule has 0 aliphatic heterocycles. The molecule has 0 amide bonds. The van der Waals surface area contributed by atoms with Crippen LogP contribution in [-0.4, -0.2) is 28.5 Å². The number of aryl methyl sites for hydroxylation is 2. The lowest BCUT2D eigenvalue weighted by Gasteiger charge is -2.26. The first-order valence-corrected chi connectivity index (χ1v) is 7.12. The average Bonchev–Trinajstić information content (AvgIpc) is 2.56. The van der Waals surface area contributed by atoms with Crippen LogP contribution in [0.15, 0.2) is 4.47 Å². The van der Waals surface area contributed by atoms with E-state index in [2.05, 4.69) is 41.8 Å². The lowest BCUT2D eigenvalue weighted by molar-refractivity contribution is 0.0101. The predicted octanol–water partition coefficient (Wildman–Crippen LogP) is 2.66. The lowest BCUT2D eigenvalue weighted by Crippen LogP contribution is -2.35. The first-order chi connectivity index (χ1) is 8.30. The molecular formula is C13H24BrN3O. The highest BCUT2D eigenvalue weighted by molar-refractivity contribution is 9.10. The third kappa shape index (κ3) is 3.80. The highest BCUT2D eigenvalue weighted by Gasteiger charge is 2.23. The number of rotatable bonds is 6. The summed E-state index contributed by atoms with van der Waals surface area (Å²) in [4.78, 5) is 0. The molecule has 18 heavy (non-hydrogen) atoms. The molecule has 0 bridgehead atoms. The number of halogens is 1. The molecule has 4 nitrogen and oxygen atoms in total. The summed E-state index contributed by atoms with van der Waals surface area (Å²) in [5, 5.41) is 4.48. The Labute approximate surface area is 118 Å². The summed E-state index contributed by atoms with van der Waals surface area (Å²) in [5.74, 6) is 0. The Morgan fingerprint density at radius 1 is 1.50 bits per heavy atom. The lowest BCUT2D eigenvalue weighted by atomic mass is 9.96. The molecule has 1 rings (SSSR count). The molecule has 0 saturated heterocycles. The summed E-state index contributed by atoms with van der Waals surface area (Å²) < 4.78 is 8.52. The Balaban J connectivity index is 2.78. The second kappa shape index (κ2) is 6.17. The van der Waals surface area contributed by atoms with Gasteiger partial charge in [-0.1, -0.05) is 0 Å². The van der Waals surface area contributed by atoms with Gasteiger partial charge in [-0.05, 0) is 50.0 Å². The summed E-state index contributed by atoms with van der Waals surface area (Å²) in [6.45, 7) is 9.08. The zero-order chi connectivity index (χ0) is 13.9. The molecule has 0 radical (unpaired) electrons. The van der Waals surface area contributed by atoms with Gasteiger partial charge in [0.25, 0.3) is 0 Å². The van der Waals surface area contributed by atoms with Crippen LogP contribution in [0, 0.1) is 6.92 Å². The van der Waals surface area contributed by atoms with Crippen LogP contribution < -0.4 is 5.73 Å². The summed E-state index contributed by atoms with van der Waals surface area (Å²) in [7, 11) is 1.73. The van der Waals surface area contributed by atoms with Gasteiger partial charge in [0, 0.05) is 26.1 Å². The maximum absolute atomic E-state index is 6.23. The average molecular weight is 318 g/mol. The third-order valence-corrected chi connectivity index (χ3v) is 4.25. The number of hydrogen-bond acceptors (Lipinski definition) is 3. The molecule has 104 valence electrons. The van der Waals surface area contributed by atoms with Crippen molar-refractivity contribution in [3.8, 4) is 0 Å². The Morgan fingerprint density at radius 2 is 2.11 bits per heavy atom. The molecule has 0 spiro atoms. The molecule has 0 aliphatic carbocycles. The van der Waals surface area contributed by atoms with E-state index in [1.807, 2.05) is 11.6 Å². The fourth-order valence-corrected chi connectivity index (χ4v) is 2.55. The van der Waals surface area contributed by atoms with E-state index >= 15 is 0 Å². The van der Waals surface area contributed by atoms with Crippen LogP contribution in [0.2, 0.25) is 0 Å². The number of ether oxygens (including phenoxy) is 1. The molecular weight excluding hydrogens is 294 g/mol. The third-order valence-electron chi connectivity index (χ3n) is 3.21. The maximum atomic E-state index is 6.23. The first kappa shape index (κ1) is 15.7. The molecule has 0 saturated carbocycles. The maximum Gasteiger partial charge on any atom is 0.0738 e. The smallest absolute Gasteiger partial charge is 0.0738 e. The van der Waals surface area contributed by atoms with E-state index in [1.165, 1.54) is 5.69 Å². The number of nitrogens with two attached hydrogens (primary N) is 1. The molecule has 1 atom stereocenters. The number of methoxy groups -OCH3 is 1. The zero-order valence-electron chi connectivity index (χ0n) is 12.0. The van der Waals surface area contributed by atoms with Crippen molar-refractivity contribution in [1.29, 1.82) is 0 Å². The van der Waals surface area contributed by atoms with Crippen molar-refractivity contribution < 1.29 is 4.74 Å². The molecule has 0 aliphatic rings. The van der Waals surface area contributed by atoms with E-state index in [9.17, 15) is 0 Å². The minimum atomic E-state index is -0.183. The molecule has 2 N–H and O–H groups in total. The Hall–Kier alpha value is -0.390. The van der Waals surface area contributed by atoms with Crippen LogP contribution in [-0.2, 0) is 17.7 Å². The van der Waals surface area contributed by atoms with Gasteiger partial charge < -0.3 is 10.5 Å². The summed E-state index contributed by atoms with van der Waals surface area (Å²) in [6, 6.07) is 0.0673. The van der Waals surface area contributed by atoms with Crippen molar-refractivity contribution in [3.63, 3.8) is 0 Å². The van der Waals surface area contributed by atoms with Crippen molar-refractivity contribution >= 4 is 15.9 Å². The van der Waals surface area contributed by atoms with Gasteiger partial charge in [0.15, 0.2) is 0 Å². The van der Waals surface area contributed by atoms with Gasteiger partial charge in [0.1, 0.15) is 0 Å². The number of aromatic nitrogens is 2. The predicted molar refractivity (Wildman–Crippen MR) is 77.7 cm³/mol. The molecule has 0 fully saturated rings. The van der Waals surface area contributed by atoms with Crippen molar-refractivity contribution in [2.75, 3.05) is 7.11 Å². The van der Waals surface area contributed by atoms with E-state index in [0.29, 0.717) is 0 Å². The minimum Gasteiger partial charge on any atom is -0.379 e. The summed E-state index contributed by atoms with van der Waals surface area (Å²) >= 11 is 3.60. The van der Waals surface area contributed by atoms with Crippen LogP contribution in [0.3, 0.4) is 0 Å². The van der Waals surface area contributed by atoms with Crippen LogP contribution in [0.25, 0.3) is 0 Å². The van der Waals surface area contributed by atoms with Gasteiger partial charge in [-0.2, -0.15) is 5.10 Å². The second-order valence-electron chi connectivity index (χ2n) is 5.29. The standard InChI is InChI=1S/C13H24BrN3O/c1-6-17-11(12(14)9(2)16-17)7-10(15)8-13(3,4)18-5/h10H,6-8,15H2,1-5H3. The summed E-state index contributed by atoms with van der Waals surface area (Å²) in [5.41, 5.74) is 8.24. The van der Waals surface area contributed by atoms with E-state index in [1.54, 1.807) is 7.11 Å². The first-order valence-electron chi connectivity index (χ1n) is 6.33. The van der Waals surface area contributed by atoms with Gasteiger partial charge >= 0.3 is 0 Å². The van der Waals surface area contributed by atoms with Crippen LogP contribution in [0.5, 0.6) is 0 Å².